The van der Waals surface area contributed by atoms with Crippen molar-refractivity contribution in [2.75, 3.05) is 5.32 Å². The molecular weight excluding hydrogens is 241 g/mol. The van der Waals surface area contributed by atoms with Crippen LogP contribution < -0.4 is 5.32 Å². The average molecular weight is 247 g/mol. The van der Waals surface area contributed by atoms with Crippen molar-refractivity contribution in [3.8, 4) is 0 Å². The van der Waals surface area contributed by atoms with Crippen molar-refractivity contribution in [2.24, 2.45) is 0 Å². The van der Waals surface area contributed by atoms with Gasteiger partial charge in [0.15, 0.2) is 5.69 Å². The largest absolute Gasteiger partial charge is 0.286 e. The van der Waals surface area contributed by atoms with Crippen LogP contribution >= 0.6 is 0 Å². The van der Waals surface area contributed by atoms with E-state index in [0.29, 0.717) is 5.39 Å². The molecule has 8 nitrogen and oxygen atoms in total. The molecule has 3 aromatic rings. The molecule has 0 spiro atoms. The van der Waals surface area contributed by atoms with Gasteiger partial charge in [0, 0.05) is 5.39 Å². The van der Waals surface area contributed by atoms with Gasteiger partial charge in [-0.3, -0.25) is 10.1 Å². The Hall–Kier alpha value is -2.84. The van der Waals surface area contributed by atoms with Gasteiger partial charge in [0.05, 0.1) is 0 Å². The molecule has 3 rings (SSSR count). The van der Waals surface area contributed by atoms with Crippen molar-refractivity contribution in [1.82, 2.24) is 30.6 Å². The molecule has 1 amide bonds. The van der Waals surface area contributed by atoms with E-state index >= 15 is 0 Å². The minimum absolute atomic E-state index is 0.00232. The van der Waals surface area contributed by atoms with Gasteiger partial charge in [0.2, 0.25) is 0 Å². The normalized spacial score (nSPS) is 10.7. The minimum atomic E-state index is -0.607. The van der Waals surface area contributed by atoms with E-state index in [0.717, 1.165) is 0 Å². The van der Waals surface area contributed by atoms with Crippen molar-refractivity contribution in [2.45, 2.75) is 0 Å². The summed E-state index contributed by atoms with van der Waals surface area (Å²) in [7, 11) is 0. The number of rotatable bonds is 2. The van der Waals surface area contributed by atoms with Gasteiger partial charge in [0.25, 0.3) is 11.9 Å². The molecular formula is C9H6FN7O. The maximum atomic E-state index is 13.4. The zero-order valence-corrected chi connectivity index (χ0v) is 8.83. The molecule has 0 saturated heterocycles. The van der Waals surface area contributed by atoms with E-state index in [1.165, 1.54) is 6.07 Å². The van der Waals surface area contributed by atoms with E-state index < -0.39 is 5.91 Å². The molecule has 2 heterocycles. The smallest absolute Gasteiger partial charge is 0.279 e. The molecule has 0 aliphatic carbocycles. The third kappa shape index (κ3) is 1.57. The number of hydrogen-bond acceptors (Lipinski definition) is 5. The number of aromatic amines is 1. The Bertz CT molecular complexity index is 705. The minimum Gasteiger partial charge on any atom is -0.286 e. The molecule has 9 heteroatoms. The molecule has 0 unspecified atom stereocenters. The van der Waals surface area contributed by atoms with Gasteiger partial charge in [-0.05, 0) is 11.3 Å². The number of benzene rings is 1. The lowest BCUT2D eigenvalue weighted by molar-refractivity contribution is 0.102. The predicted molar refractivity (Wildman–Crippen MR) is 58.4 cm³/mol. The third-order valence-corrected chi connectivity index (χ3v) is 2.33. The summed E-state index contributed by atoms with van der Waals surface area (Å²) in [5.41, 5.74) is 0.175. The summed E-state index contributed by atoms with van der Waals surface area (Å²) < 4.78 is 13.4. The highest BCUT2D eigenvalue weighted by Gasteiger charge is 2.18. The number of H-pyrrole nitrogens is 1. The molecule has 0 saturated carbocycles. The Labute approximate surface area is 98.7 Å². The van der Waals surface area contributed by atoms with Crippen LogP contribution in [0.5, 0.6) is 0 Å². The second-order valence-corrected chi connectivity index (χ2v) is 3.42. The number of nitrogens with one attached hydrogen (secondary N) is 2. The number of fused-ring (bicyclic) bond motifs is 1. The van der Waals surface area contributed by atoms with Gasteiger partial charge in [-0.25, -0.2) is 0 Å². The first kappa shape index (κ1) is 10.3. The molecule has 2 N–H and O–H groups in total. The third-order valence-electron chi connectivity index (χ3n) is 2.33. The number of carbonyl (C=O) groups is 1. The number of halogens is 1. The fraction of sp³-hybridized carbons (Fsp3) is 0. The zero-order valence-electron chi connectivity index (χ0n) is 8.83. The average Bonchev–Trinajstić information content (AvgIpc) is 2.98. The fourth-order valence-corrected chi connectivity index (χ4v) is 1.57. The standard InChI is InChI=1S/C9H6FN7O/c10-17-6-4-2-1-3-5(6)7(14-17)8(18)11-9-12-15-16-13-9/h1-4H,(H2,11,12,13,15,16,18). The highest BCUT2D eigenvalue weighted by atomic mass is 19.2. The molecule has 0 radical (unpaired) electrons. The van der Waals surface area contributed by atoms with Crippen LogP contribution in [-0.4, -0.2) is 36.5 Å². The maximum Gasteiger partial charge on any atom is 0.279 e. The molecule has 0 aliphatic rings. The van der Waals surface area contributed by atoms with Crippen molar-refractivity contribution >= 4 is 22.8 Å². The number of anilines is 1. The summed E-state index contributed by atoms with van der Waals surface area (Å²) in [6.07, 6.45) is 0. The van der Waals surface area contributed by atoms with Crippen LogP contribution in [-0.2, 0) is 0 Å². The van der Waals surface area contributed by atoms with Crippen LogP contribution in [0.25, 0.3) is 10.9 Å². The lowest BCUT2D eigenvalue weighted by Gasteiger charge is -1.96. The molecule has 0 bridgehead atoms. The number of amides is 1. The number of hydrogen-bond donors (Lipinski definition) is 2. The van der Waals surface area contributed by atoms with Crippen molar-refractivity contribution in [3.05, 3.63) is 30.0 Å². The van der Waals surface area contributed by atoms with E-state index in [4.69, 9.17) is 0 Å². The van der Waals surface area contributed by atoms with Crippen LogP contribution in [0.1, 0.15) is 10.5 Å². The van der Waals surface area contributed by atoms with Crippen molar-refractivity contribution in [1.29, 1.82) is 0 Å². The van der Waals surface area contributed by atoms with Gasteiger partial charge >= 0.3 is 0 Å². The van der Waals surface area contributed by atoms with Gasteiger partial charge in [0.1, 0.15) is 5.52 Å². The predicted octanol–water partition coefficient (Wildman–Crippen LogP) is 0.534. The fourth-order valence-electron chi connectivity index (χ4n) is 1.57. The maximum absolute atomic E-state index is 13.4. The Kier molecular flexibility index (Phi) is 2.22. The summed E-state index contributed by atoms with van der Waals surface area (Å²) >= 11 is 0. The Morgan fingerprint density at radius 3 is 3.00 bits per heavy atom. The number of nitrogens with zero attached hydrogens (tertiary/aromatic N) is 5. The molecule has 0 atom stereocenters. The van der Waals surface area contributed by atoms with Crippen molar-refractivity contribution in [3.63, 3.8) is 0 Å². The van der Waals surface area contributed by atoms with E-state index in [1.54, 1.807) is 18.2 Å². The monoisotopic (exact) mass is 247 g/mol. The van der Waals surface area contributed by atoms with E-state index in [1.807, 2.05) is 0 Å². The highest BCUT2D eigenvalue weighted by molar-refractivity contribution is 6.10. The highest BCUT2D eigenvalue weighted by Crippen LogP contribution is 2.18. The van der Waals surface area contributed by atoms with Gasteiger partial charge in [-0.1, -0.05) is 32.7 Å². The Morgan fingerprint density at radius 2 is 2.22 bits per heavy atom. The summed E-state index contributed by atoms with van der Waals surface area (Å²) in [5.74, 6) is -0.610. The second kappa shape index (κ2) is 3.87. The summed E-state index contributed by atoms with van der Waals surface area (Å²) in [4.78, 5) is 12.0. The molecule has 0 fully saturated rings. The van der Waals surface area contributed by atoms with E-state index in [2.05, 4.69) is 31.0 Å². The van der Waals surface area contributed by atoms with Crippen LogP contribution in [0.3, 0.4) is 0 Å². The van der Waals surface area contributed by atoms with E-state index in [9.17, 15) is 9.28 Å². The number of aromatic nitrogens is 6. The lowest BCUT2D eigenvalue weighted by atomic mass is 10.2. The summed E-state index contributed by atoms with van der Waals surface area (Å²) in [5, 5.41) is 18.9. The number of carbonyl (C=O) groups excluding carboxylic acids is 1. The first-order chi connectivity index (χ1) is 8.75. The quantitative estimate of drug-likeness (QED) is 0.688. The molecule has 90 valence electrons. The van der Waals surface area contributed by atoms with Crippen LogP contribution in [0.4, 0.5) is 10.4 Å². The van der Waals surface area contributed by atoms with Crippen LogP contribution in [0, 0.1) is 0 Å². The number of tetrazole rings is 1. The zero-order chi connectivity index (χ0) is 12.5. The Balaban J connectivity index is 2.01. The molecule has 0 aliphatic heterocycles. The van der Waals surface area contributed by atoms with Crippen LogP contribution in [0.2, 0.25) is 0 Å². The van der Waals surface area contributed by atoms with Gasteiger partial charge in [-0.15, -0.1) is 10.2 Å². The SMILES string of the molecule is O=C(Nc1nn[nH]n1)c1nn(F)c2ccccc12. The number of para-hydroxylation sites is 1. The van der Waals surface area contributed by atoms with Gasteiger partial charge in [-0.2, -0.15) is 5.21 Å². The topological polar surface area (TPSA) is 101 Å². The second-order valence-electron chi connectivity index (χ2n) is 3.42. The Morgan fingerprint density at radius 1 is 1.39 bits per heavy atom. The first-order valence-corrected chi connectivity index (χ1v) is 4.94. The van der Waals surface area contributed by atoms with Crippen LogP contribution in [0.15, 0.2) is 24.3 Å². The van der Waals surface area contributed by atoms with Gasteiger partial charge < -0.3 is 0 Å². The first-order valence-electron chi connectivity index (χ1n) is 4.94. The van der Waals surface area contributed by atoms with E-state index in [-0.39, 0.29) is 22.1 Å². The molecule has 1 aromatic carbocycles. The molecule has 18 heavy (non-hydrogen) atoms. The lowest BCUT2D eigenvalue weighted by Crippen LogP contribution is -2.14. The molecule has 2 aromatic heterocycles. The van der Waals surface area contributed by atoms with Crippen molar-refractivity contribution < 1.29 is 9.28 Å². The summed E-state index contributed by atoms with van der Waals surface area (Å²) in [6, 6.07) is 6.47. The summed E-state index contributed by atoms with van der Waals surface area (Å²) in [6.45, 7) is 0.